The lowest BCUT2D eigenvalue weighted by Gasteiger charge is -2.11. The van der Waals surface area contributed by atoms with E-state index in [0.29, 0.717) is 0 Å². The Kier molecular flexibility index (Phi) is 4.42. The first kappa shape index (κ1) is 12.7. The topological polar surface area (TPSA) is 48.4 Å². The molecule has 0 aliphatic rings. The summed E-state index contributed by atoms with van der Waals surface area (Å²) in [6.45, 7) is 0. The van der Waals surface area contributed by atoms with Crippen molar-refractivity contribution in [2.24, 2.45) is 5.73 Å². The summed E-state index contributed by atoms with van der Waals surface area (Å²) >= 11 is 0. The highest BCUT2D eigenvalue weighted by Gasteiger charge is 2.06. The van der Waals surface area contributed by atoms with E-state index in [1.165, 1.54) is 5.56 Å². The molecule has 0 saturated carbocycles. The fourth-order valence-corrected chi connectivity index (χ4v) is 1.99. The average molecular weight is 245 g/mol. The maximum Gasteiger partial charge on any atom is 0.119 e. The standard InChI is InChI=1S/C15H19NO2/c1-17-15-5-2-4-12(11-15)10-13(16)7-8-14-6-3-9-18-14/h2-6,9,11,13H,7-8,10,16H2,1H3. The largest absolute Gasteiger partial charge is 0.497 e. The summed E-state index contributed by atoms with van der Waals surface area (Å²) in [5.74, 6) is 1.88. The SMILES string of the molecule is COc1cccc(CC(N)CCc2ccco2)c1. The molecule has 96 valence electrons. The van der Waals surface area contributed by atoms with Crippen LogP contribution in [-0.4, -0.2) is 13.2 Å². The van der Waals surface area contributed by atoms with Crippen LogP contribution in [0, 0.1) is 0 Å². The smallest absolute Gasteiger partial charge is 0.119 e. The number of aryl methyl sites for hydroxylation is 1. The lowest BCUT2D eigenvalue weighted by atomic mass is 10.0. The van der Waals surface area contributed by atoms with Crippen molar-refractivity contribution in [2.75, 3.05) is 7.11 Å². The molecule has 0 bridgehead atoms. The van der Waals surface area contributed by atoms with Crippen LogP contribution in [0.5, 0.6) is 5.75 Å². The number of furan rings is 1. The van der Waals surface area contributed by atoms with E-state index in [4.69, 9.17) is 14.9 Å². The van der Waals surface area contributed by atoms with Crippen LogP contribution in [0.25, 0.3) is 0 Å². The second-order valence-electron chi connectivity index (χ2n) is 4.43. The first-order valence-corrected chi connectivity index (χ1v) is 6.19. The second kappa shape index (κ2) is 6.26. The number of benzene rings is 1. The fraction of sp³-hybridized carbons (Fsp3) is 0.333. The molecule has 0 radical (unpaired) electrons. The van der Waals surface area contributed by atoms with E-state index in [1.54, 1.807) is 13.4 Å². The van der Waals surface area contributed by atoms with Gasteiger partial charge in [0.25, 0.3) is 0 Å². The molecule has 3 nitrogen and oxygen atoms in total. The van der Waals surface area contributed by atoms with Gasteiger partial charge in [0.15, 0.2) is 0 Å². The first-order valence-electron chi connectivity index (χ1n) is 6.19. The molecule has 3 heteroatoms. The molecule has 1 unspecified atom stereocenters. The molecular formula is C15H19NO2. The highest BCUT2D eigenvalue weighted by atomic mass is 16.5. The summed E-state index contributed by atoms with van der Waals surface area (Å²) in [5, 5.41) is 0. The van der Waals surface area contributed by atoms with Gasteiger partial charge in [-0.25, -0.2) is 0 Å². The number of methoxy groups -OCH3 is 1. The molecule has 0 saturated heterocycles. The van der Waals surface area contributed by atoms with Crippen LogP contribution in [0.4, 0.5) is 0 Å². The van der Waals surface area contributed by atoms with Crippen LogP contribution in [0.3, 0.4) is 0 Å². The predicted octanol–water partition coefficient (Wildman–Crippen LogP) is 2.79. The van der Waals surface area contributed by atoms with E-state index in [2.05, 4.69) is 6.07 Å². The Bertz CT molecular complexity index is 465. The molecule has 2 N–H and O–H groups in total. The normalized spacial score (nSPS) is 12.3. The van der Waals surface area contributed by atoms with Gasteiger partial charge in [-0.15, -0.1) is 0 Å². The molecular weight excluding hydrogens is 226 g/mol. The highest BCUT2D eigenvalue weighted by molar-refractivity contribution is 5.28. The summed E-state index contributed by atoms with van der Waals surface area (Å²) in [6.07, 6.45) is 4.36. The van der Waals surface area contributed by atoms with Crippen molar-refractivity contribution in [3.05, 3.63) is 54.0 Å². The van der Waals surface area contributed by atoms with Crippen molar-refractivity contribution >= 4 is 0 Å². The number of ether oxygens (including phenoxy) is 1. The van der Waals surface area contributed by atoms with Crippen molar-refractivity contribution in [2.45, 2.75) is 25.3 Å². The molecule has 1 aromatic carbocycles. The zero-order valence-corrected chi connectivity index (χ0v) is 10.6. The molecule has 1 aromatic heterocycles. The van der Waals surface area contributed by atoms with Gasteiger partial charge in [-0.05, 0) is 42.7 Å². The van der Waals surface area contributed by atoms with Crippen LogP contribution in [-0.2, 0) is 12.8 Å². The third kappa shape index (κ3) is 3.64. The highest BCUT2D eigenvalue weighted by Crippen LogP contribution is 2.15. The van der Waals surface area contributed by atoms with Crippen LogP contribution < -0.4 is 10.5 Å². The summed E-state index contributed by atoms with van der Waals surface area (Å²) in [6, 6.07) is 12.1. The van der Waals surface area contributed by atoms with E-state index in [0.717, 1.165) is 30.8 Å². The van der Waals surface area contributed by atoms with E-state index in [1.807, 2.05) is 30.3 Å². The minimum absolute atomic E-state index is 0.141. The monoisotopic (exact) mass is 245 g/mol. The minimum atomic E-state index is 0.141. The minimum Gasteiger partial charge on any atom is -0.497 e. The number of hydrogen-bond acceptors (Lipinski definition) is 3. The van der Waals surface area contributed by atoms with Crippen LogP contribution in [0.2, 0.25) is 0 Å². The zero-order valence-electron chi connectivity index (χ0n) is 10.6. The molecule has 18 heavy (non-hydrogen) atoms. The summed E-state index contributed by atoms with van der Waals surface area (Å²) in [5.41, 5.74) is 7.34. The Morgan fingerprint density at radius 2 is 2.17 bits per heavy atom. The molecule has 1 atom stereocenters. The Morgan fingerprint density at radius 3 is 2.89 bits per heavy atom. The van der Waals surface area contributed by atoms with Crippen molar-refractivity contribution in [3.63, 3.8) is 0 Å². The van der Waals surface area contributed by atoms with Gasteiger partial charge in [-0.1, -0.05) is 12.1 Å². The lowest BCUT2D eigenvalue weighted by molar-refractivity contribution is 0.414. The van der Waals surface area contributed by atoms with Gasteiger partial charge in [-0.3, -0.25) is 0 Å². The maximum atomic E-state index is 6.13. The zero-order chi connectivity index (χ0) is 12.8. The molecule has 0 spiro atoms. The van der Waals surface area contributed by atoms with E-state index in [9.17, 15) is 0 Å². The molecule has 0 amide bonds. The van der Waals surface area contributed by atoms with Gasteiger partial charge in [0, 0.05) is 12.5 Å². The lowest BCUT2D eigenvalue weighted by Crippen LogP contribution is -2.23. The first-order chi connectivity index (χ1) is 8.78. The van der Waals surface area contributed by atoms with E-state index in [-0.39, 0.29) is 6.04 Å². The third-order valence-corrected chi connectivity index (χ3v) is 2.97. The number of nitrogens with two attached hydrogens (primary N) is 1. The fourth-order valence-electron chi connectivity index (χ4n) is 1.99. The van der Waals surface area contributed by atoms with Gasteiger partial charge >= 0.3 is 0 Å². The Balaban J connectivity index is 1.84. The van der Waals surface area contributed by atoms with Gasteiger partial charge in [-0.2, -0.15) is 0 Å². The quantitative estimate of drug-likeness (QED) is 0.851. The molecule has 1 heterocycles. The van der Waals surface area contributed by atoms with Gasteiger partial charge in [0.1, 0.15) is 11.5 Å². The molecule has 0 aliphatic carbocycles. The van der Waals surface area contributed by atoms with Crippen molar-refractivity contribution in [3.8, 4) is 5.75 Å². The van der Waals surface area contributed by atoms with Crippen LogP contribution >= 0.6 is 0 Å². The van der Waals surface area contributed by atoms with Gasteiger partial charge < -0.3 is 14.9 Å². The van der Waals surface area contributed by atoms with E-state index < -0.39 is 0 Å². The Hall–Kier alpha value is -1.74. The molecule has 0 fully saturated rings. The van der Waals surface area contributed by atoms with Crippen molar-refractivity contribution in [1.29, 1.82) is 0 Å². The van der Waals surface area contributed by atoms with Crippen LogP contribution in [0.1, 0.15) is 17.7 Å². The Morgan fingerprint density at radius 1 is 1.28 bits per heavy atom. The van der Waals surface area contributed by atoms with Crippen molar-refractivity contribution in [1.82, 2.24) is 0 Å². The van der Waals surface area contributed by atoms with Crippen molar-refractivity contribution < 1.29 is 9.15 Å². The summed E-state index contributed by atoms with van der Waals surface area (Å²) in [4.78, 5) is 0. The van der Waals surface area contributed by atoms with Crippen LogP contribution in [0.15, 0.2) is 47.1 Å². The molecule has 0 aliphatic heterocycles. The molecule has 2 rings (SSSR count). The average Bonchev–Trinajstić information content (AvgIpc) is 2.90. The van der Waals surface area contributed by atoms with Gasteiger partial charge in [0.2, 0.25) is 0 Å². The van der Waals surface area contributed by atoms with E-state index >= 15 is 0 Å². The predicted molar refractivity (Wildman–Crippen MR) is 71.7 cm³/mol. The second-order valence-corrected chi connectivity index (χ2v) is 4.43. The summed E-state index contributed by atoms with van der Waals surface area (Å²) in [7, 11) is 1.68. The molecule has 2 aromatic rings. The third-order valence-electron chi connectivity index (χ3n) is 2.97. The summed E-state index contributed by atoms with van der Waals surface area (Å²) < 4.78 is 10.5. The maximum absolute atomic E-state index is 6.13. The Labute approximate surface area is 108 Å². The number of rotatable bonds is 6. The number of hydrogen-bond donors (Lipinski definition) is 1. The van der Waals surface area contributed by atoms with Gasteiger partial charge in [0.05, 0.1) is 13.4 Å².